The third kappa shape index (κ3) is 7.38. The molecule has 0 bridgehead atoms. The van der Waals surface area contributed by atoms with Crippen LogP contribution in [0.5, 0.6) is 0 Å². The van der Waals surface area contributed by atoms with Crippen LogP contribution in [0, 0.1) is 19.8 Å². The Kier molecular flexibility index (Phi) is 5.20. The molecule has 0 saturated heterocycles. The molecule has 0 unspecified atom stereocenters. The smallest absolute Gasteiger partial charge is 0.0319 e. The lowest BCUT2D eigenvalue weighted by molar-refractivity contribution is 0.737. The van der Waals surface area contributed by atoms with Crippen LogP contribution in [0.4, 0.5) is 5.69 Å². The van der Waals surface area contributed by atoms with Crippen molar-refractivity contribution in [3.63, 3.8) is 0 Å². The molecular formula is C12H21N. The summed E-state index contributed by atoms with van der Waals surface area (Å²) in [7, 11) is 0. The zero-order valence-corrected chi connectivity index (χ0v) is 9.39. The van der Waals surface area contributed by atoms with Gasteiger partial charge in [-0.2, -0.15) is 0 Å². The molecule has 0 radical (unpaired) electrons. The number of anilines is 1. The van der Waals surface area contributed by atoms with Crippen LogP contribution in [-0.4, -0.2) is 0 Å². The summed E-state index contributed by atoms with van der Waals surface area (Å²) < 4.78 is 0. The predicted molar refractivity (Wildman–Crippen MR) is 60.8 cm³/mol. The van der Waals surface area contributed by atoms with Crippen molar-refractivity contribution in [3.8, 4) is 0 Å². The van der Waals surface area contributed by atoms with Crippen molar-refractivity contribution in [2.24, 2.45) is 5.92 Å². The van der Waals surface area contributed by atoms with Gasteiger partial charge in [-0.05, 0) is 43.0 Å². The van der Waals surface area contributed by atoms with Crippen LogP contribution < -0.4 is 5.73 Å². The highest BCUT2D eigenvalue weighted by atomic mass is 14.5. The number of aryl methyl sites for hydroxylation is 2. The molecule has 0 amide bonds. The molecule has 0 aromatic heterocycles. The Morgan fingerprint density at radius 3 is 1.46 bits per heavy atom. The van der Waals surface area contributed by atoms with Crippen molar-refractivity contribution in [1.82, 2.24) is 0 Å². The summed E-state index contributed by atoms with van der Waals surface area (Å²) in [5.41, 5.74) is 8.87. The zero-order chi connectivity index (χ0) is 10.4. The highest BCUT2D eigenvalue weighted by Crippen LogP contribution is 2.08. The van der Waals surface area contributed by atoms with Gasteiger partial charge in [0.2, 0.25) is 0 Å². The maximum Gasteiger partial charge on any atom is 0.0319 e. The van der Waals surface area contributed by atoms with Gasteiger partial charge in [0, 0.05) is 5.69 Å². The molecular weight excluding hydrogens is 158 g/mol. The Balaban J connectivity index is 0.000000310. The maximum absolute atomic E-state index is 5.56. The summed E-state index contributed by atoms with van der Waals surface area (Å²) in [5.74, 6) is 0.833. The van der Waals surface area contributed by atoms with E-state index in [9.17, 15) is 0 Å². The Bertz CT molecular complexity index is 198. The molecule has 0 spiro atoms. The molecule has 0 saturated carbocycles. The quantitative estimate of drug-likeness (QED) is 0.606. The van der Waals surface area contributed by atoms with Crippen molar-refractivity contribution >= 4 is 5.69 Å². The average Bonchev–Trinajstić information content (AvgIpc) is 1.80. The lowest BCUT2D eigenvalue weighted by atomic mass is 10.1. The van der Waals surface area contributed by atoms with Crippen molar-refractivity contribution < 1.29 is 0 Å². The molecule has 0 fully saturated rings. The maximum atomic E-state index is 5.56. The van der Waals surface area contributed by atoms with Crippen LogP contribution in [0.25, 0.3) is 0 Å². The number of benzene rings is 1. The molecule has 0 heterocycles. The number of rotatable bonds is 0. The lowest BCUT2D eigenvalue weighted by Crippen LogP contribution is -1.86. The van der Waals surface area contributed by atoms with Gasteiger partial charge >= 0.3 is 0 Å². The SMILES string of the molecule is CC(C)C.Cc1cc(C)cc(N)c1. The fourth-order valence-electron chi connectivity index (χ4n) is 1.01. The first-order valence-corrected chi connectivity index (χ1v) is 4.75. The second kappa shape index (κ2) is 5.63. The normalized spacial score (nSPS) is 9.38. The first-order chi connectivity index (χ1) is 5.91. The van der Waals surface area contributed by atoms with Crippen LogP contribution in [-0.2, 0) is 0 Å². The van der Waals surface area contributed by atoms with Crippen molar-refractivity contribution in [2.45, 2.75) is 34.6 Å². The lowest BCUT2D eigenvalue weighted by Gasteiger charge is -1.97. The number of hydrogen-bond donors (Lipinski definition) is 1. The van der Waals surface area contributed by atoms with Crippen LogP contribution in [0.15, 0.2) is 18.2 Å². The molecule has 0 atom stereocenters. The van der Waals surface area contributed by atoms with Gasteiger partial charge in [0.15, 0.2) is 0 Å². The minimum atomic E-state index is 0.833. The van der Waals surface area contributed by atoms with E-state index in [2.05, 4.69) is 26.8 Å². The first-order valence-electron chi connectivity index (χ1n) is 4.75. The van der Waals surface area contributed by atoms with Crippen molar-refractivity contribution in [3.05, 3.63) is 29.3 Å². The highest BCUT2D eigenvalue weighted by Gasteiger charge is 1.87. The number of nitrogens with two attached hydrogens (primary N) is 1. The van der Waals surface area contributed by atoms with Gasteiger partial charge in [-0.15, -0.1) is 0 Å². The second-order valence-electron chi connectivity index (χ2n) is 4.15. The zero-order valence-electron chi connectivity index (χ0n) is 9.39. The molecule has 1 heteroatoms. The molecule has 0 aliphatic carbocycles. The molecule has 1 nitrogen and oxygen atoms in total. The van der Waals surface area contributed by atoms with Gasteiger partial charge in [0.25, 0.3) is 0 Å². The standard InChI is InChI=1S/C8H11N.C4H10/c1-6-3-7(2)5-8(9)4-6;1-4(2)3/h3-5H,9H2,1-2H3;4H,1-3H3. The van der Waals surface area contributed by atoms with Crippen molar-refractivity contribution in [1.29, 1.82) is 0 Å². The molecule has 1 rings (SSSR count). The van der Waals surface area contributed by atoms with Gasteiger partial charge in [0.05, 0.1) is 0 Å². The largest absolute Gasteiger partial charge is 0.399 e. The van der Waals surface area contributed by atoms with E-state index in [0.717, 1.165) is 11.6 Å². The summed E-state index contributed by atoms with van der Waals surface area (Å²) in [6.45, 7) is 10.6. The van der Waals surface area contributed by atoms with Gasteiger partial charge < -0.3 is 5.73 Å². The molecule has 2 N–H and O–H groups in total. The monoisotopic (exact) mass is 179 g/mol. The van der Waals surface area contributed by atoms with E-state index in [4.69, 9.17) is 5.73 Å². The molecule has 1 aromatic rings. The van der Waals surface area contributed by atoms with E-state index < -0.39 is 0 Å². The summed E-state index contributed by atoms with van der Waals surface area (Å²) in [6, 6.07) is 6.04. The van der Waals surface area contributed by atoms with E-state index in [1.54, 1.807) is 0 Å². The minimum absolute atomic E-state index is 0.833. The van der Waals surface area contributed by atoms with E-state index >= 15 is 0 Å². The Hall–Kier alpha value is -0.980. The second-order valence-corrected chi connectivity index (χ2v) is 4.15. The van der Waals surface area contributed by atoms with Gasteiger partial charge in [-0.1, -0.05) is 26.8 Å². The minimum Gasteiger partial charge on any atom is -0.399 e. The topological polar surface area (TPSA) is 26.0 Å². The highest BCUT2D eigenvalue weighted by molar-refractivity contribution is 5.43. The molecule has 0 aliphatic rings. The Labute approximate surface area is 82.0 Å². The van der Waals surface area contributed by atoms with Crippen LogP contribution in [0.3, 0.4) is 0 Å². The summed E-state index contributed by atoms with van der Waals surface area (Å²) in [4.78, 5) is 0. The molecule has 13 heavy (non-hydrogen) atoms. The van der Waals surface area contributed by atoms with Gasteiger partial charge in [-0.25, -0.2) is 0 Å². The van der Waals surface area contributed by atoms with Gasteiger partial charge in [0.1, 0.15) is 0 Å². The predicted octanol–water partition coefficient (Wildman–Crippen LogP) is 3.55. The molecule has 0 aliphatic heterocycles. The molecule has 74 valence electrons. The third-order valence-electron chi connectivity index (χ3n) is 1.24. The molecule has 1 aromatic carbocycles. The van der Waals surface area contributed by atoms with E-state index in [1.807, 2.05) is 26.0 Å². The van der Waals surface area contributed by atoms with E-state index in [0.29, 0.717) is 0 Å². The van der Waals surface area contributed by atoms with Crippen LogP contribution in [0.1, 0.15) is 31.9 Å². The van der Waals surface area contributed by atoms with Crippen molar-refractivity contribution in [2.75, 3.05) is 5.73 Å². The third-order valence-corrected chi connectivity index (χ3v) is 1.24. The summed E-state index contributed by atoms with van der Waals surface area (Å²) in [6.07, 6.45) is 0. The van der Waals surface area contributed by atoms with Gasteiger partial charge in [-0.3, -0.25) is 0 Å². The number of nitrogen functional groups attached to an aromatic ring is 1. The average molecular weight is 179 g/mol. The first kappa shape index (κ1) is 12.0. The van der Waals surface area contributed by atoms with E-state index in [-0.39, 0.29) is 0 Å². The Morgan fingerprint density at radius 1 is 0.923 bits per heavy atom. The van der Waals surface area contributed by atoms with Crippen LogP contribution in [0.2, 0.25) is 0 Å². The fourth-order valence-corrected chi connectivity index (χ4v) is 1.01. The number of hydrogen-bond acceptors (Lipinski definition) is 1. The summed E-state index contributed by atoms with van der Waals surface area (Å²) >= 11 is 0. The Morgan fingerprint density at radius 2 is 1.23 bits per heavy atom. The van der Waals surface area contributed by atoms with E-state index in [1.165, 1.54) is 11.1 Å². The van der Waals surface area contributed by atoms with Crippen LogP contribution >= 0.6 is 0 Å². The fraction of sp³-hybridized carbons (Fsp3) is 0.500. The summed E-state index contributed by atoms with van der Waals surface area (Å²) in [5, 5.41) is 0.